The topological polar surface area (TPSA) is 125 Å². The average Bonchev–Trinajstić information content (AvgIpc) is 3.73. The van der Waals surface area contributed by atoms with Crippen LogP contribution < -0.4 is 10.6 Å². The number of nitrogens with one attached hydrogen (secondary N) is 4. The molecule has 1 aromatic carbocycles. The molecule has 0 atom stereocenters. The lowest BCUT2D eigenvalue weighted by Gasteiger charge is -2.21. The summed E-state index contributed by atoms with van der Waals surface area (Å²) in [6.45, 7) is 1.95. The summed E-state index contributed by atoms with van der Waals surface area (Å²) < 4.78 is 5.31. The van der Waals surface area contributed by atoms with E-state index in [1.165, 1.54) is 0 Å². The van der Waals surface area contributed by atoms with Gasteiger partial charge in [0.1, 0.15) is 5.69 Å². The van der Waals surface area contributed by atoms with Crippen LogP contribution in [0.2, 0.25) is 0 Å². The van der Waals surface area contributed by atoms with Crippen LogP contribution in [0.1, 0.15) is 19.3 Å². The highest BCUT2D eigenvalue weighted by molar-refractivity contribution is 6.01. The van der Waals surface area contributed by atoms with E-state index in [0.29, 0.717) is 18.0 Å². The monoisotopic (exact) mass is 517 g/mol. The van der Waals surface area contributed by atoms with Crippen molar-refractivity contribution in [1.29, 1.82) is 0 Å². The third-order valence-corrected chi connectivity index (χ3v) is 7.45. The van der Waals surface area contributed by atoms with E-state index in [9.17, 15) is 4.79 Å². The van der Waals surface area contributed by atoms with Gasteiger partial charge in [0.25, 0.3) is 0 Å². The molecule has 39 heavy (non-hydrogen) atoms. The lowest BCUT2D eigenvalue weighted by molar-refractivity contribution is -0.117. The van der Waals surface area contributed by atoms with Crippen LogP contribution in [-0.4, -0.2) is 44.1 Å². The summed E-state index contributed by atoms with van der Waals surface area (Å²) in [5, 5.41) is 16.1. The Morgan fingerprint density at radius 2 is 1.92 bits per heavy atom. The van der Waals surface area contributed by atoms with Gasteiger partial charge in [0.15, 0.2) is 0 Å². The fourth-order valence-corrected chi connectivity index (χ4v) is 5.44. The zero-order valence-electron chi connectivity index (χ0n) is 21.2. The van der Waals surface area contributed by atoms with E-state index in [1.807, 2.05) is 24.3 Å². The molecule has 1 fully saturated rings. The normalized spacial score (nSPS) is 14.3. The molecule has 1 saturated heterocycles. The number of aromatic amines is 2. The Kier molecular flexibility index (Phi) is 5.90. The minimum absolute atomic E-state index is 0.0231. The first-order valence-corrected chi connectivity index (χ1v) is 13.2. The first-order chi connectivity index (χ1) is 19.2. The Bertz CT molecular complexity index is 1780. The standard InChI is InChI=1S/C30H27N7O2/c38-29(10-18-4-7-31-8-5-18)34-21-11-20(14-32-15-21)26-13-24-28(16-33-26)36-37-30(24)27-12-23-22(19-6-9-39-17-19)2-1-3-25(23)35-27/h1-3,6,9,11-18,31,35H,4-5,7-8,10H2,(H,34,38)(H,36,37). The highest BCUT2D eigenvalue weighted by atomic mass is 16.3. The zero-order valence-corrected chi connectivity index (χ0v) is 21.2. The van der Waals surface area contributed by atoms with Crippen LogP contribution in [0, 0.1) is 5.92 Å². The van der Waals surface area contributed by atoms with Crippen LogP contribution in [0.15, 0.2) is 78.0 Å². The molecule has 9 nitrogen and oxygen atoms in total. The van der Waals surface area contributed by atoms with E-state index in [2.05, 4.69) is 54.0 Å². The largest absolute Gasteiger partial charge is 0.472 e. The maximum Gasteiger partial charge on any atom is 0.224 e. The number of pyridine rings is 2. The van der Waals surface area contributed by atoms with Crippen molar-refractivity contribution in [3.05, 3.63) is 73.6 Å². The molecule has 0 bridgehead atoms. The van der Waals surface area contributed by atoms with E-state index in [4.69, 9.17) is 4.42 Å². The number of hydrogen-bond acceptors (Lipinski definition) is 6. The van der Waals surface area contributed by atoms with Crippen LogP contribution >= 0.6 is 0 Å². The summed E-state index contributed by atoms with van der Waals surface area (Å²) in [6, 6.07) is 14.2. The van der Waals surface area contributed by atoms with E-state index in [0.717, 1.165) is 81.5 Å². The van der Waals surface area contributed by atoms with Crippen molar-refractivity contribution in [2.45, 2.75) is 19.3 Å². The van der Waals surface area contributed by atoms with Gasteiger partial charge in [-0.3, -0.25) is 19.9 Å². The van der Waals surface area contributed by atoms with E-state index >= 15 is 0 Å². The molecule has 0 aliphatic carbocycles. The maximum absolute atomic E-state index is 12.6. The Morgan fingerprint density at radius 3 is 2.79 bits per heavy atom. The van der Waals surface area contributed by atoms with Gasteiger partial charge >= 0.3 is 0 Å². The van der Waals surface area contributed by atoms with Crippen molar-refractivity contribution in [1.82, 2.24) is 30.5 Å². The quantitative estimate of drug-likeness (QED) is 0.223. The number of rotatable bonds is 6. The zero-order chi connectivity index (χ0) is 26.2. The average molecular weight is 518 g/mol. The van der Waals surface area contributed by atoms with Crippen LogP contribution in [0.5, 0.6) is 0 Å². The van der Waals surface area contributed by atoms with Crippen LogP contribution in [0.3, 0.4) is 0 Å². The van der Waals surface area contributed by atoms with Crippen molar-refractivity contribution >= 4 is 33.4 Å². The van der Waals surface area contributed by atoms with Gasteiger partial charge < -0.3 is 20.0 Å². The Labute approximate surface area is 224 Å². The van der Waals surface area contributed by atoms with Gasteiger partial charge in [-0.15, -0.1) is 0 Å². The number of furan rings is 1. The number of nitrogens with zero attached hydrogens (tertiary/aromatic N) is 3. The second kappa shape index (κ2) is 9.85. The number of H-pyrrole nitrogens is 2. The van der Waals surface area contributed by atoms with E-state index in [1.54, 1.807) is 31.1 Å². The third kappa shape index (κ3) is 4.57. The fraction of sp³-hybridized carbons (Fsp3) is 0.200. The lowest BCUT2D eigenvalue weighted by atomic mass is 9.94. The Balaban J connectivity index is 1.19. The van der Waals surface area contributed by atoms with Crippen molar-refractivity contribution in [2.75, 3.05) is 18.4 Å². The highest BCUT2D eigenvalue weighted by Gasteiger charge is 2.18. The predicted octanol–water partition coefficient (Wildman–Crippen LogP) is 5.76. The second-order valence-corrected chi connectivity index (χ2v) is 10.1. The number of piperidine rings is 1. The molecule has 1 aliphatic heterocycles. The molecule has 194 valence electrons. The van der Waals surface area contributed by atoms with Crippen molar-refractivity contribution in [3.63, 3.8) is 0 Å². The number of amides is 1. The number of carbonyl (C=O) groups excluding carboxylic acids is 1. The molecule has 0 spiro atoms. The molecule has 0 radical (unpaired) electrons. The Hall–Kier alpha value is -4.76. The van der Waals surface area contributed by atoms with Gasteiger partial charge in [0.05, 0.1) is 47.5 Å². The predicted molar refractivity (Wildman–Crippen MR) is 151 cm³/mol. The third-order valence-electron chi connectivity index (χ3n) is 7.45. The number of benzene rings is 1. The minimum atomic E-state index is 0.0231. The maximum atomic E-state index is 12.6. The van der Waals surface area contributed by atoms with Gasteiger partial charge in [-0.1, -0.05) is 12.1 Å². The van der Waals surface area contributed by atoms with Gasteiger partial charge in [-0.2, -0.15) is 5.10 Å². The molecule has 4 N–H and O–H groups in total. The molecular formula is C30H27N7O2. The summed E-state index contributed by atoms with van der Waals surface area (Å²) >= 11 is 0. The summed E-state index contributed by atoms with van der Waals surface area (Å²) in [5.41, 5.74) is 7.93. The highest BCUT2D eigenvalue weighted by Crippen LogP contribution is 2.35. The SMILES string of the molecule is O=C(CC1CCNCC1)Nc1cncc(-c2cc3c(-c4cc5c(-c6ccoc6)cccc5[nH]4)n[nH]c3cn2)c1. The molecule has 0 saturated carbocycles. The molecule has 0 unspecified atom stereocenters. The molecule has 5 aromatic heterocycles. The van der Waals surface area contributed by atoms with E-state index in [-0.39, 0.29) is 5.91 Å². The molecule has 6 heterocycles. The summed E-state index contributed by atoms with van der Waals surface area (Å²) in [4.78, 5) is 25.2. The molecule has 6 aromatic rings. The van der Waals surface area contributed by atoms with Gasteiger partial charge in [0.2, 0.25) is 5.91 Å². The summed E-state index contributed by atoms with van der Waals surface area (Å²) in [7, 11) is 0. The molecule has 1 aliphatic rings. The molecule has 9 heteroatoms. The number of anilines is 1. The van der Waals surface area contributed by atoms with Crippen LogP contribution in [0.4, 0.5) is 5.69 Å². The first-order valence-electron chi connectivity index (χ1n) is 13.2. The van der Waals surface area contributed by atoms with Crippen molar-refractivity contribution in [2.24, 2.45) is 5.92 Å². The van der Waals surface area contributed by atoms with Crippen LogP contribution in [-0.2, 0) is 4.79 Å². The smallest absolute Gasteiger partial charge is 0.224 e. The second-order valence-electron chi connectivity index (χ2n) is 10.1. The summed E-state index contributed by atoms with van der Waals surface area (Å²) in [5.74, 6) is 0.446. The van der Waals surface area contributed by atoms with Crippen molar-refractivity contribution < 1.29 is 9.21 Å². The van der Waals surface area contributed by atoms with Gasteiger partial charge in [-0.05, 0) is 67.7 Å². The fourth-order valence-electron chi connectivity index (χ4n) is 5.44. The van der Waals surface area contributed by atoms with Crippen LogP contribution in [0.25, 0.3) is 55.6 Å². The number of fused-ring (bicyclic) bond motifs is 2. The molecule has 1 amide bonds. The first kappa shape index (κ1) is 23.4. The number of aromatic nitrogens is 5. The number of carbonyl (C=O) groups is 1. The molecular weight excluding hydrogens is 490 g/mol. The number of hydrogen-bond donors (Lipinski definition) is 4. The van der Waals surface area contributed by atoms with Gasteiger partial charge in [0, 0.05) is 40.0 Å². The van der Waals surface area contributed by atoms with E-state index < -0.39 is 0 Å². The lowest BCUT2D eigenvalue weighted by Crippen LogP contribution is -2.30. The molecule has 7 rings (SSSR count). The van der Waals surface area contributed by atoms with Crippen molar-refractivity contribution in [3.8, 4) is 33.8 Å². The Morgan fingerprint density at radius 1 is 1.00 bits per heavy atom. The summed E-state index contributed by atoms with van der Waals surface area (Å²) in [6.07, 6.45) is 11.2. The van der Waals surface area contributed by atoms with Gasteiger partial charge in [-0.25, -0.2) is 0 Å². The minimum Gasteiger partial charge on any atom is -0.472 e.